The van der Waals surface area contributed by atoms with Crippen molar-refractivity contribution in [2.24, 2.45) is 15.3 Å². The van der Waals surface area contributed by atoms with Gasteiger partial charge in [0.1, 0.15) is 0 Å². The minimum Gasteiger partial charge on any atom is -0.377 e. The van der Waals surface area contributed by atoms with Gasteiger partial charge in [-0.2, -0.15) is 0 Å². The normalized spacial score (nSPS) is 22.2. The summed E-state index contributed by atoms with van der Waals surface area (Å²) in [6.07, 6.45) is 1.89. The van der Waals surface area contributed by atoms with Crippen molar-refractivity contribution in [1.29, 1.82) is 0 Å². The van der Waals surface area contributed by atoms with E-state index in [9.17, 15) is 4.79 Å². The quantitative estimate of drug-likeness (QED) is 0.631. The number of nitrogens with two attached hydrogens (primary N) is 1. The van der Waals surface area contributed by atoms with Gasteiger partial charge in [-0.3, -0.25) is 4.79 Å². The highest BCUT2D eigenvalue weighted by atomic mass is 32.2. The summed E-state index contributed by atoms with van der Waals surface area (Å²) < 4.78 is 3.70. The Hall–Kier alpha value is -1.01. The number of carbonyl (C=O) groups excluding carboxylic acids is 1. The molecule has 5 nitrogen and oxygen atoms in total. The average Bonchev–Trinajstić information content (AvgIpc) is 2.34. The molecule has 1 aliphatic heterocycles. The van der Waals surface area contributed by atoms with Crippen molar-refractivity contribution < 1.29 is 9.63 Å². The molecule has 1 radical (unpaired) electrons. The van der Waals surface area contributed by atoms with Crippen molar-refractivity contribution in [3.63, 3.8) is 0 Å². The number of aliphatic imine (C=N–C) groups is 1. The molecule has 0 saturated carbocycles. The van der Waals surface area contributed by atoms with Crippen molar-refractivity contribution in [2.75, 3.05) is 7.11 Å². The monoisotopic (exact) mass is 186 g/mol. The summed E-state index contributed by atoms with van der Waals surface area (Å²) in [7, 11) is 0.828. The van der Waals surface area contributed by atoms with E-state index < -0.39 is 10.7 Å². The fourth-order valence-electron chi connectivity index (χ4n) is 0.699. The van der Waals surface area contributed by atoms with Gasteiger partial charge in [-0.1, -0.05) is 4.53 Å². The minimum atomic E-state index is -0.614. The fourth-order valence-corrected chi connectivity index (χ4v) is 1.70. The van der Waals surface area contributed by atoms with Crippen LogP contribution in [0.1, 0.15) is 6.42 Å². The molecule has 0 aromatic rings. The Morgan fingerprint density at radius 2 is 2.67 bits per heavy atom. The Morgan fingerprint density at radius 1 is 1.92 bits per heavy atom. The van der Waals surface area contributed by atoms with E-state index in [2.05, 4.69) is 14.4 Å². The topological polar surface area (TPSA) is 77.0 Å². The van der Waals surface area contributed by atoms with E-state index in [1.807, 2.05) is 0 Å². The van der Waals surface area contributed by atoms with E-state index in [1.54, 1.807) is 11.7 Å². The Labute approximate surface area is 72.4 Å². The van der Waals surface area contributed by atoms with Crippen LogP contribution in [0, 0.1) is 0 Å². The zero-order valence-electron chi connectivity index (χ0n) is 6.48. The van der Waals surface area contributed by atoms with Gasteiger partial charge in [0.2, 0.25) is 6.29 Å². The molecule has 1 atom stereocenters. The van der Waals surface area contributed by atoms with Gasteiger partial charge in [0.05, 0.1) is 19.2 Å². The summed E-state index contributed by atoms with van der Waals surface area (Å²) in [4.78, 5) is 18.5. The van der Waals surface area contributed by atoms with Crippen molar-refractivity contribution in [3.8, 4) is 0 Å². The second-order valence-electron chi connectivity index (χ2n) is 1.95. The van der Waals surface area contributed by atoms with Crippen LogP contribution < -0.4 is 5.73 Å². The molecule has 0 amide bonds. The maximum Gasteiger partial charge on any atom is 0.204 e. The lowest BCUT2D eigenvalue weighted by Gasteiger charge is -1.91. The summed E-state index contributed by atoms with van der Waals surface area (Å²) in [6.45, 7) is 0. The van der Waals surface area contributed by atoms with Crippen LogP contribution in [0.4, 0.5) is 0 Å². The zero-order valence-corrected chi connectivity index (χ0v) is 7.30. The molecule has 0 bridgehead atoms. The van der Waals surface area contributed by atoms with Gasteiger partial charge >= 0.3 is 0 Å². The van der Waals surface area contributed by atoms with Crippen LogP contribution in [-0.2, 0) is 20.3 Å². The molecule has 1 rings (SSSR count). The van der Waals surface area contributed by atoms with Gasteiger partial charge in [0.25, 0.3) is 0 Å². The standard InChI is InChI=1S/C6H8N3O2S/c1-11-9-12-4-5(2-3-10)8-6(12)7/h4H,2H2,1H3,(H2,7,8). The highest BCUT2D eigenvalue weighted by molar-refractivity contribution is 8.05. The lowest BCUT2D eigenvalue weighted by Crippen LogP contribution is -2.13. The van der Waals surface area contributed by atoms with Crippen LogP contribution in [0.5, 0.6) is 0 Å². The maximum absolute atomic E-state index is 10.00. The first-order valence-electron chi connectivity index (χ1n) is 3.15. The van der Waals surface area contributed by atoms with Crippen LogP contribution in [-0.4, -0.2) is 18.6 Å². The van der Waals surface area contributed by atoms with Gasteiger partial charge in [-0.25, -0.2) is 9.83 Å². The van der Waals surface area contributed by atoms with Crippen LogP contribution >= 0.6 is 0 Å². The second-order valence-corrected chi connectivity index (χ2v) is 3.38. The molecule has 0 saturated heterocycles. The zero-order chi connectivity index (χ0) is 8.97. The average molecular weight is 186 g/mol. The molecular formula is C6H8N3O2S. The third-order valence-electron chi connectivity index (χ3n) is 1.12. The number of rotatable bonds is 3. The Bertz CT molecular complexity index is 283. The SMILES string of the molecule is CON=S1C=C(C[C]=O)N=C1N. The number of hydrogen-bond acceptors (Lipinski definition) is 5. The molecule has 0 aromatic carbocycles. The number of hydrogen-bond donors (Lipinski definition) is 1. The first-order valence-corrected chi connectivity index (χ1v) is 4.39. The molecule has 0 fully saturated rings. The molecule has 1 aliphatic rings. The molecule has 12 heavy (non-hydrogen) atoms. The lowest BCUT2D eigenvalue weighted by molar-refractivity contribution is 0.221. The van der Waals surface area contributed by atoms with Crippen molar-refractivity contribution in [2.45, 2.75) is 6.42 Å². The predicted octanol–water partition coefficient (Wildman–Crippen LogP) is 0.0192. The summed E-state index contributed by atoms with van der Waals surface area (Å²) in [5.41, 5.74) is 6.10. The second kappa shape index (κ2) is 4.13. The molecule has 0 aliphatic carbocycles. The largest absolute Gasteiger partial charge is 0.377 e. The van der Waals surface area contributed by atoms with E-state index in [-0.39, 0.29) is 6.42 Å². The van der Waals surface area contributed by atoms with E-state index in [0.29, 0.717) is 10.9 Å². The van der Waals surface area contributed by atoms with E-state index in [0.717, 1.165) is 0 Å². The Morgan fingerprint density at radius 3 is 3.25 bits per heavy atom. The highest BCUT2D eigenvalue weighted by Gasteiger charge is 2.11. The van der Waals surface area contributed by atoms with E-state index in [4.69, 9.17) is 5.73 Å². The van der Waals surface area contributed by atoms with E-state index >= 15 is 0 Å². The number of amidine groups is 1. The molecule has 1 heterocycles. The molecule has 0 spiro atoms. The van der Waals surface area contributed by atoms with Crippen LogP contribution in [0.3, 0.4) is 0 Å². The minimum absolute atomic E-state index is 0.156. The fraction of sp³-hybridized carbons (Fsp3) is 0.333. The molecule has 2 N–H and O–H groups in total. The maximum atomic E-state index is 10.00. The van der Waals surface area contributed by atoms with Gasteiger partial charge in [0, 0.05) is 16.1 Å². The third kappa shape index (κ3) is 1.99. The number of nitrogens with zero attached hydrogens (tertiary/aromatic N) is 2. The smallest absolute Gasteiger partial charge is 0.204 e. The lowest BCUT2D eigenvalue weighted by atomic mass is 10.4. The first-order chi connectivity index (χ1) is 5.77. The van der Waals surface area contributed by atoms with Gasteiger partial charge in [-0.05, 0) is 0 Å². The molecular weight excluding hydrogens is 178 g/mol. The van der Waals surface area contributed by atoms with Gasteiger partial charge in [0.15, 0.2) is 5.17 Å². The first kappa shape index (κ1) is 9.08. The van der Waals surface area contributed by atoms with Crippen molar-refractivity contribution in [3.05, 3.63) is 11.1 Å². The van der Waals surface area contributed by atoms with Gasteiger partial charge in [-0.15, -0.1) is 0 Å². The van der Waals surface area contributed by atoms with Crippen LogP contribution in [0.15, 0.2) is 20.6 Å². The summed E-state index contributed by atoms with van der Waals surface area (Å²) >= 11 is 0. The highest BCUT2D eigenvalue weighted by Crippen LogP contribution is 2.12. The predicted molar refractivity (Wildman–Crippen MR) is 46.8 cm³/mol. The summed E-state index contributed by atoms with van der Waals surface area (Å²) in [5.74, 6) is 0. The third-order valence-corrected chi connectivity index (χ3v) is 2.45. The molecule has 0 aromatic heterocycles. The number of allylic oxidation sites excluding steroid dienone is 1. The molecule has 65 valence electrons. The van der Waals surface area contributed by atoms with Crippen LogP contribution in [0.25, 0.3) is 0 Å². The Kier molecular flexibility index (Phi) is 3.12. The van der Waals surface area contributed by atoms with Crippen molar-refractivity contribution >= 4 is 22.1 Å². The molecule has 6 heteroatoms. The summed E-state index contributed by atoms with van der Waals surface area (Å²) in [5, 5.41) is 2.08. The van der Waals surface area contributed by atoms with Crippen LogP contribution in [0.2, 0.25) is 0 Å². The van der Waals surface area contributed by atoms with E-state index in [1.165, 1.54) is 7.11 Å². The van der Waals surface area contributed by atoms with Crippen molar-refractivity contribution in [1.82, 2.24) is 0 Å². The van der Waals surface area contributed by atoms with Gasteiger partial charge < -0.3 is 5.73 Å². The molecule has 1 unspecified atom stereocenters. The summed E-state index contributed by atoms with van der Waals surface area (Å²) in [6, 6.07) is 0. The Balaban J connectivity index is 2.78.